The monoisotopic (exact) mass is 261 g/mol. The normalized spacial score (nSPS) is 19.8. The second-order valence-corrected chi connectivity index (χ2v) is 6.30. The molecule has 0 bridgehead atoms. The van der Waals surface area contributed by atoms with Crippen LogP contribution in [0.2, 0.25) is 0 Å². The van der Waals surface area contributed by atoms with Crippen molar-refractivity contribution >= 4 is 0 Å². The van der Waals surface area contributed by atoms with Gasteiger partial charge < -0.3 is 10.5 Å². The summed E-state index contributed by atoms with van der Waals surface area (Å²) in [5.74, 6) is 0.675. The lowest BCUT2D eigenvalue weighted by Crippen LogP contribution is -2.40. The Kier molecular flexibility index (Phi) is 4.64. The standard InChI is InChI=1S/C17H27NO/c1-13(2)11-14-7-6-8-15(12-14)16(18)17(19-3)9-4-5-10-17/h6-8,12-13,16H,4-5,9-11,18H2,1-3H3. The molecule has 0 heterocycles. The van der Waals surface area contributed by atoms with E-state index in [1.807, 2.05) is 7.11 Å². The lowest BCUT2D eigenvalue weighted by Gasteiger charge is -2.34. The van der Waals surface area contributed by atoms with E-state index in [2.05, 4.69) is 38.1 Å². The molecule has 1 aromatic carbocycles. The first-order valence-electron chi connectivity index (χ1n) is 7.47. The van der Waals surface area contributed by atoms with Gasteiger partial charge in [0.05, 0.1) is 11.6 Å². The molecule has 0 radical (unpaired) electrons. The van der Waals surface area contributed by atoms with E-state index in [1.54, 1.807) is 0 Å². The van der Waals surface area contributed by atoms with Crippen LogP contribution >= 0.6 is 0 Å². The molecule has 1 aliphatic rings. The lowest BCUT2D eigenvalue weighted by atomic mass is 9.86. The topological polar surface area (TPSA) is 35.2 Å². The average Bonchev–Trinajstić information content (AvgIpc) is 2.87. The Morgan fingerprint density at radius 3 is 2.53 bits per heavy atom. The molecule has 0 aliphatic heterocycles. The lowest BCUT2D eigenvalue weighted by molar-refractivity contribution is -0.0264. The Hall–Kier alpha value is -0.860. The molecule has 2 rings (SSSR count). The molecular formula is C17H27NO. The number of methoxy groups -OCH3 is 1. The smallest absolute Gasteiger partial charge is 0.0870 e. The summed E-state index contributed by atoms with van der Waals surface area (Å²) in [5.41, 5.74) is 8.98. The fourth-order valence-corrected chi connectivity index (χ4v) is 3.30. The molecule has 0 amide bonds. The van der Waals surface area contributed by atoms with Crippen LogP contribution < -0.4 is 5.73 Å². The number of hydrogen-bond acceptors (Lipinski definition) is 2. The Labute approximate surface area is 117 Å². The zero-order valence-corrected chi connectivity index (χ0v) is 12.5. The summed E-state index contributed by atoms with van der Waals surface area (Å²) in [4.78, 5) is 0. The second kappa shape index (κ2) is 6.06. The minimum atomic E-state index is -0.142. The Balaban J connectivity index is 2.20. The maximum atomic E-state index is 6.52. The average molecular weight is 261 g/mol. The van der Waals surface area contributed by atoms with Gasteiger partial charge >= 0.3 is 0 Å². The molecule has 106 valence electrons. The van der Waals surface area contributed by atoms with Gasteiger partial charge in [0, 0.05) is 7.11 Å². The van der Waals surface area contributed by atoms with Gasteiger partial charge in [-0.2, -0.15) is 0 Å². The molecule has 1 aromatic rings. The maximum Gasteiger partial charge on any atom is 0.0870 e. The summed E-state index contributed by atoms with van der Waals surface area (Å²) in [6, 6.07) is 8.74. The zero-order chi connectivity index (χ0) is 13.9. The summed E-state index contributed by atoms with van der Waals surface area (Å²) < 4.78 is 5.81. The van der Waals surface area contributed by atoms with Crippen LogP contribution in [-0.2, 0) is 11.2 Å². The van der Waals surface area contributed by atoms with Crippen LogP contribution in [0.4, 0.5) is 0 Å². The number of nitrogens with two attached hydrogens (primary N) is 1. The summed E-state index contributed by atoms with van der Waals surface area (Å²) in [5, 5.41) is 0. The van der Waals surface area contributed by atoms with Crippen molar-refractivity contribution in [3.05, 3.63) is 35.4 Å². The van der Waals surface area contributed by atoms with E-state index in [1.165, 1.54) is 24.0 Å². The third kappa shape index (κ3) is 3.18. The van der Waals surface area contributed by atoms with E-state index in [0.717, 1.165) is 19.3 Å². The van der Waals surface area contributed by atoms with Crippen LogP contribution in [0.1, 0.15) is 56.7 Å². The third-order valence-electron chi connectivity index (χ3n) is 4.38. The van der Waals surface area contributed by atoms with Crippen LogP contribution in [-0.4, -0.2) is 12.7 Å². The molecule has 1 atom stereocenters. The maximum absolute atomic E-state index is 6.52. The molecule has 1 saturated carbocycles. The largest absolute Gasteiger partial charge is 0.376 e. The fourth-order valence-electron chi connectivity index (χ4n) is 3.30. The molecule has 2 heteroatoms. The van der Waals surface area contributed by atoms with Crippen LogP contribution in [0.3, 0.4) is 0 Å². The highest BCUT2D eigenvalue weighted by Crippen LogP contribution is 2.41. The second-order valence-electron chi connectivity index (χ2n) is 6.30. The predicted octanol–water partition coefficient (Wildman–Crippen LogP) is 3.84. The Bertz CT molecular complexity index is 407. The van der Waals surface area contributed by atoms with E-state index in [4.69, 9.17) is 10.5 Å². The molecule has 0 spiro atoms. The third-order valence-corrected chi connectivity index (χ3v) is 4.38. The van der Waals surface area contributed by atoms with Crippen molar-refractivity contribution in [3.63, 3.8) is 0 Å². The van der Waals surface area contributed by atoms with Crippen molar-refractivity contribution in [2.45, 2.75) is 57.6 Å². The van der Waals surface area contributed by atoms with E-state index >= 15 is 0 Å². The first-order valence-corrected chi connectivity index (χ1v) is 7.47. The van der Waals surface area contributed by atoms with Gasteiger partial charge in [-0.15, -0.1) is 0 Å². The van der Waals surface area contributed by atoms with Crippen molar-refractivity contribution in [2.24, 2.45) is 11.7 Å². The van der Waals surface area contributed by atoms with Gasteiger partial charge in [-0.05, 0) is 36.3 Å². The highest BCUT2D eigenvalue weighted by atomic mass is 16.5. The van der Waals surface area contributed by atoms with Gasteiger partial charge in [-0.1, -0.05) is 51.0 Å². The number of rotatable bonds is 5. The summed E-state index contributed by atoms with van der Waals surface area (Å²) in [6.45, 7) is 4.50. The first kappa shape index (κ1) is 14.5. The van der Waals surface area contributed by atoms with Crippen LogP contribution in [0.5, 0.6) is 0 Å². The number of benzene rings is 1. The minimum Gasteiger partial charge on any atom is -0.376 e. The van der Waals surface area contributed by atoms with Gasteiger partial charge in [0.25, 0.3) is 0 Å². The first-order chi connectivity index (χ1) is 9.07. The van der Waals surface area contributed by atoms with Crippen molar-refractivity contribution < 1.29 is 4.74 Å². The summed E-state index contributed by atoms with van der Waals surface area (Å²) >= 11 is 0. The quantitative estimate of drug-likeness (QED) is 0.874. The van der Waals surface area contributed by atoms with Crippen molar-refractivity contribution in [2.75, 3.05) is 7.11 Å². The fraction of sp³-hybridized carbons (Fsp3) is 0.647. The van der Waals surface area contributed by atoms with E-state index in [-0.39, 0.29) is 11.6 Å². The predicted molar refractivity (Wildman–Crippen MR) is 80.1 cm³/mol. The molecule has 0 aromatic heterocycles. The van der Waals surface area contributed by atoms with Crippen LogP contribution in [0, 0.1) is 5.92 Å². The Morgan fingerprint density at radius 1 is 1.26 bits per heavy atom. The van der Waals surface area contributed by atoms with Gasteiger partial charge in [-0.25, -0.2) is 0 Å². The van der Waals surface area contributed by atoms with Gasteiger partial charge in [0.15, 0.2) is 0 Å². The summed E-state index contributed by atoms with van der Waals surface area (Å²) in [7, 11) is 1.81. The molecule has 19 heavy (non-hydrogen) atoms. The molecule has 1 fully saturated rings. The van der Waals surface area contributed by atoms with Gasteiger partial charge in [0.2, 0.25) is 0 Å². The molecular weight excluding hydrogens is 234 g/mol. The number of ether oxygens (including phenoxy) is 1. The molecule has 1 aliphatic carbocycles. The van der Waals surface area contributed by atoms with Crippen molar-refractivity contribution in [1.82, 2.24) is 0 Å². The van der Waals surface area contributed by atoms with Crippen molar-refractivity contribution in [3.8, 4) is 0 Å². The minimum absolute atomic E-state index is 0.00730. The molecule has 0 saturated heterocycles. The molecule has 2 nitrogen and oxygen atoms in total. The SMILES string of the molecule is COC1(C(N)c2cccc(CC(C)C)c2)CCCC1. The van der Waals surface area contributed by atoms with E-state index in [0.29, 0.717) is 5.92 Å². The zero-order valence-electron chi connectivity index (χ0n) is 12.5. The van der Waals surface area contributed by atoms with Crippen LogP contribution in [0.15, 0.2) is 24.3 Å². The molecule has 1 unspecified atom stereocenters. The highest BCUT2D eigenvalue weighted by Gasteiger charge is 2.40. The van der Waals surface area contributed by atoms with E-state index in [9.17, 15) is 0 Å². The highest BCUT2D eigenvalue weighted by molar-refractivity contribution is 5.28. The Morgan fingerprint density at radius 2 is 1.95 bits per heavy atom. The van der Waals surface area contributed by atoms with Gasteiger partial charge in [-0.3, -0.25) is 0 Å². The van der Waals surface area contributed by atoms with Gasteiger partial charge in [0.1, 0.15) is 0 Å². The van der Waals surface area contributed by atoms with Crippen LogP contribution in [0.25, 0.3) is 0 Å². The van der Waals surface area contributed by atoms with Crippen molar-refractivity contribution in [1.29, 1.82) is 0 Å². The van der Waals surface area contributed by atoms with E-state index < -0.39 is 0 Å². The molecule has 2 N–H and O–H groups in total. The number of hydrogen-bond donors (Lipinski definition) is 1. The summed E-state index contributed by atoms with van der Waals surface area (Å²) in [6.07, 6.45) is 5.74.